The highest BCUT2D eigenvalue weighted by atomic mass is 79.9. The maximum Gasteiger partial charge on any atom is 0.241 e. The van der Waals surface area contributed by atoms with Crippen LogP contribution in [0, 0.1) is 0 Å². The summed E-state index contributed by atoms with van der Waals surface area (Å²) in [7, 11) is 0. The zero-order valence-electron chi connectivity index (χ0n) is 8.26. The van der Waals surface area contributed by atoms with Gasteiger partial charge < -0.3 is 11.1 Å². The maximum absolute atomic E-state index is 11.4. The molecule has 1 aromatic rings. The van der Waals surface area contributed by atoms with Gasteiger partial charge in [-0.15, -0.1) is 0 Å². The van der Waals surface area contributed by atoms with Gasteiger partial charge in [0.25, 0.3) is 0 Å². The number of nitrogens with two attached hydrogens (primary N) is 1. The van der Waals surface area contributed by atoms with Crippen LogP contribution in [0.4, 0.5) is 5.69 Å². The number of carbonyl (C=O) groups is 1. The Bertz CT molecular complexity index is 370. The summed E-state index contributed by atoms with van der Waals surface area (Å²) >= 11 is 9.15. The quantitative estimate of drug-likeness (QED) is 0.900. The third-order valence-electron chi connectivity index (χ3n) is 1.96. The summed E-state index contributed by atoms with van der Waals surface area (Å²) in [6.07, 6.45) is 0.607. The lowest BCUT2D eigenvalue weighted by Gasteiger charge is -2.10. The molecule has 5 heteroatoms. The van der Waals surface area contributed by atoms with Crippen LogP contribution in [0.5, 0.6) is 0 Å². The van der Waals surface area contributed by atoms with Crippen LogP contribution in [-0.2, 0) is 4.79 Å². The molecule has 0 saturated heterocycles. The molecule has 0 fully saturated rings. The number of rotatable bonds is 3. The normalized spacial score (nSPS) is 12.3. The predicted molar refractivity (Wildman–Crippen MR) is 66.0 cm³/mol. The van der Waals surface area contributed by atoms with Gasteiger partial charge in [-0.25, -0.2) is 0 Å². The van der Waals surface area contributed by atoms with Crippen LogP contribution >= 0.6 is 27.5 Å². The van der Waals surface area contributed by atoms with Gasteiger partial charge in [0.15, 0.2) is 0 Å². The fraction of sp³-hybridized carbons (Fsp3) is 0.300. The molecule has 1 amide bonds. The molecule has 15 heavy (non-hydrogen) atoms. The summed E-state index contributed by atoms with van der Waals surface area (Å²) in [4.78, 5) is 11.4. The Labute approximate surface area is 102 Å². The predicted octanol–water partition coefficient (Wildman–Crippen LogP) is 2.78. The lowest BCUT2D eigenvalue weighted by molar-refractivity contribution is -0.117. The summed E-state index contributed by atoms with van der Waals surface area (Å²) in [6, 6.07) is 4.73. The lowest BCUT2D eigenvalue weighted by Crippen LogP contribution is -2.34. The fourth-order valence-electron chi connectivity index (χ4n) is 0.994. The minimum absolute atomic E-state index is 0.198. The SMILES string of the molecule is CCC(N)C(=O)Nc1ccc(Br)c(Cl)c1. The smallest absolute Gasteiger partial charge is 0.241 e. The molecular weight excluding hydrogens is 279 g/mol. The average molecular weight is 292 g/mol. The Morgan fingerprint density at radius 1 is 1.67 bits per heavy atom. The van der Waals surface area contributed by atoms with E-state index in [0.717, 1.165) is 4.47 Å². The summed E-state index contributed by atoms with van der Waals surface area (Å²) in [5.41, 5.74) is 6.23. The highest BCUT2D eigenvalue weighted by Gasteiger charge is 2.11. The number of hydrogen-bond donors (Lipinski definition) is 2. The Morgan fingerprint density at radius 2 is 2.33 bits per heavy atom. The third-order valence-corrected chi connectivity index (χ3v) is 3.20. The zero-order valence-corrected chi connectivity index (χ0v) is 10.6. The molecule has 0 radical (unpaired) electrons. The van der Waals surface area contributed by atoms with E-state index in [1.165, 1.54) is 0 Å². The van der Waals surface area contributed by atoms with Gasteiger partial charge in [0.1, 0.15) is 0 Å². The van der Waals surface area contributed by atoms with E-state index in [-0.39, 0.29) is 5.91 Å². The molecule has 1 unspecified atom stereocenters. The minimum atomic E-state index is -0.479. The van der Waals surface area contributed by atoms with E-state index in [0.29, 0.717) is 17.1 Å². The molecule has 3 N–H and O–H groups in total. The summed E-state index contributed by atoms with van der Waals surface area (Å²) in [5, 5.41) is 3.25. The first-order chi connectivity index (χ1) is 7.04. The second-order valence-corrected chi connectivity index (χ2v) is 4.39. The molecule has 1 atom stereocenters. The molecular formula is C10H12BrClN2O. The lowest BCUT2D eigenvalue weighted by atomic mass is 10.2. The Hall–Kier alpha value is -0.580. The molecule has 3 nitrogen and oxygen atoms in total. The first kappa shape index (κ1) is 12.5. The maximum atomic E-state index is 11.4. The van der Waals surface area contributed by atoms with Crippen molar-refractivity contribution in [3.05, 3.63) is 27.7 Å². The van der Waals surface area contributed by atoms with E-state index in [9.17, 15) is 4.79 Å². The highest BCUT2D eigenvalue weighted by molar-refractivity contribution is 9.10. The van der Waals surface area contributed by atoms with Crippen LogP contribution < -0.4 is 11.1 Å². The van der Waals surface area contributed by atoms with E-state index < -0.39 is 6.04 Å². The third kappa shape index (κ3) is 3.48. The molecule has 0 spiro atoms. The van der Waals surface area contributed by atoms with Gasteiger partial charge in [-0.05, 0) is 40.5 Å². The van der Waals surface area contributed by atoms with Gasteiger partial charge in [-0.1, -0.05) is 18.5 Å². The van der Waals surface area contributed by atoms with Crippen molar-refractivity contribution in [1.82, 2.24) is 0 Å². The van der Waals surface area contributed by atoms with Gasteiger partial charge in [-0.3, -0.25) is 4.79 Å². The van der Waals surface area contributed by atoms with Crippen molar-refractivity contribution in [1.29, 1.82) is 0 Å². The Morgan fingerprint density at radius 3 is 2.87 bits per heavy atom. The van der Waals surface area contributed by atoms with Crippen molar-refractivity contribution in [3.8, 4) is 0 Å². The van der Waals surface area contributed by atoms with Gasteiger partial charge in [0.2, 0.25) is 5.91 Å². The van der Waals surface area contributed by atoms with Crippen molar-refractivity contribution in [2.24, 2.45) is 5.73 Å². The van der Waals surface area contributed by atoms with Gasteiger partial charge in [0.05, 0.1) is 11.1 Å². The summed E-state index contributed by atoms with van der Waals surface area (Å²) in [5.74, 6) is -0.198. The second-order valence-electron chi connectivity index (χ2n) is 3.13. The van der Waals surface area contributed by atoms with E-state index in [4.69, 9.17) is 17.3 Å². The topological polar surface area (TPSA) is 55.1 Å². The molecule has 0 aromatic heterocycles. The molecule has 0 bridgehead atoms. The van der Waals surface area contributed by atoms with Crippen LogP contribution in [0.15, 0.2) is 22.7 Å². The zero-order chi connectivity index (χ0) is 11.4. The average Bonchev–Trinajstić information content (AvgIpc) is 2.22. The van der Waals surface area contributed by atoms with Crippen LogP contribution in [0.3, 0.4) is 0 Å². The van der Waals surface area contributed by atoms with E-state index in [1.54, 1.807) is 18.2 Å². The fourth-order valence-corrected chi connectivity index (χ4v) is 1.42. The van der Waals surface area contributed by atoms with Crippen LogP contribution in [0.1, 0.15) is 13.3 Å². The van der Waals surface area contributed by atoms with Crippen molar-refractivity contribution in [3.63, 3.8) is 0 Å². The molecule has 1 aromatic carbocycles. The van der Waals surface area contributed by atoms with Gasteiger partial charge in [-0.2, -0.15) is 0 Å². The van der Waals surface area contributed by atoms with Crippen molar-refractivity contribution in [2.75, 3.05) is 5.32 Å². The molecule has 0 saturated carbocycles. The van der Waals surface area contributed by atoms with Crippen molar-refractivity contribution < 1.29 is 4.79 Å². The van der Waals surface area contributed by atoms with E-state index in [1.807, 2.05) is 6.92 Å². The van der Waals surface area contributed by atoms with E-state index >= 15 is 0 Å². The van der Waals surface area contributed by atoms with Crippen LogP contribution in [0.25, 0.3) is 0 Å². The molecule has 0 aliphatic heterocycles. The Kier molecular flexibility index (Phi) is 4.57. The standard InChI is InChI=1S/C10H12BrClN2O/c1-2-9(13)10(15)14-6-3-4-7(11)8(12)5-6/h3-5,9H,2,13H2,1H3,(H,14,15). The Balaban J connectivity index is 2.73. The van der Waals surface area contributed by atoms with Gasteiger partial charge in [0, 0.05) is 10.2 Å². The largest absolute Gasteiger partial charge is 0.325 e. The number of carbonyl (C=O) groups excluding carboxylic acids is 1. The first-order valence-electron chi connectivity index (χ1n) is 4.56. The second kappa shape index (κ2) is 5.49. The molecule has 0 aliphatic carbocycles. The number of anilines is 1. The number of nitrogens with one attached hydrogen (secondary N) is 1. The molecule has 0 heterocycles. The number of hydrogen-bond acceptors (Lipinski definition) is 2. The van der Waals surface area contributed by atoms with Crippen LogP contribution in [-0.4, -0.2) is 11.9 Å². The molecule has 0 aliphatic rings. The summed E-state index contributed by atoms with van der Waals surface area (Å²) < 4.78 is 0.793. The molecule has 1 rings (SSSR count). The van der Waals surface area contributed by atoms with E-state index in [2.05, 4.69) is 21.2 Å². The number of amides is 1. The monoisotopic (exact) mass is 290 g/mol. The first-order valence-corrected chi connectivity index (χ1v) is 5.73. The number of benzene rings is 1. The minimum Gasteiger partial charge on any atom is -0.325 e. The highest BCUT2D eigenvalue weighted by Crippen LogP contribution is 2.25. The van der Waals surface area contributed by atoms with Gasteiger partial charge >= 0.3 is 0 Å². The summed E-state index contributed by atoms with van der Waals surface area (Å²) in [6.45, 7) is 1.86. The van der Waals surface area contributed by atoms with Crippen LogP contribution in [0.2, 0.25) is 5.02 Å². The number of halogens is 2. The van der Waals surface area contributed by atoms with Crippen molar-refractivity contribution in [2.45, 2.75) is 19.4 Å². The molecule has 82 valence electrons. The van der Waals surface area contributed by atoms with Crippen molar-refractivity contribution >= 4 is 39.1 Å².